The Kier molecular flexibility index (Phi) is 5.59. The monoisotopic (exact) mass is 260 g/mol. The summed E-state index contributed by atoms with van der Waals surface area (Å²) in [5, 5.41) is 6.31. The summed E-state index contributed by atoms with van der Waals surface area (Å²) >= 11 is 0. The normalized spacial score (nSPS) is 22.8. The van der Waals surface area contributed by atoms with Crippen LogP contribution in [0.1, 0.15) is 33.1 Å². The van der Waals surface area contributed by atoms with Crippen molar-refractivity contribution in [1.82, 2.24) is 10.6 Å². The lowest BCUT2D eigenvalue weighted by molar-refractivity contribution is -0.132. The molecule has 1 rings (SSSR count). The molecule has 1 fully saturated rings. The molecule has 0 aromatic rings. The number of hydrogen-bond donors (Lipinski definition) is 2. The van der Waals surface area contributed by atoms with Crippen molar-refractivity contribution < 1.29 is 9.00 Å². The molecule has 5 heteroatoms. The maximum absolute atomic E-state index is 12.2. The van der Waals surface area contributed by atoms with Gasteiger partial charge in [-0.2, -0.15) is 0 Å². The highest BCUT2D eigenvalue weighted by Crippen LogP contribution is 2.28. The van der Waals surface area contributed by atoms with Gasteiger partial charge in [-0.25, -0.2) is 0 Å². The Bertz CT molecular complexity index is 288. The second-order valence-corrected chi connectivity index (χ2v) is 6.81. The predicted molar refractivity (Wildman–Crippen MR) is 71.4 cm³/mol. The SMILES string of the molecule is CC(CCS(C)=O)NC(=O)C1(C)CCNCC1. The van der Waals surface area contributed by atoms with Crippen LogP contribution in [0, 0.1) is 5.41 Å². The van der Waals surface area contributed by atoms with Crippen LogP contribution in [-0.4, -0.2) is 41.3 Å². The van der Waals surface area contributed by atoms with Crippen LogP contribution in [0.4, 0.5) is 0 Å². The van der Waals surface area contributed by atoms with Gasteiger partial charge in [0.05, 0.1) is 0 Å². The highest BCUT2D eigenvalue weighted by molar-refractivity contribution is 7.84. The van der Waals surface area contributed by atoms with E-state index in [0.29, 0.717) is 5.75 Å². The Morgan fingerprint density at radius 2 is 2.06 bits per heavy atom. The third-order valence-corrected chi connectivity index (χ3v) is 4.28. The Morgan fingerprint density at radius 1 is 1.47 bits per heavy atom. The molecular formula is C12H24N2O2S. The maximum Gasteiger partial charge on any atom is 0.226 e. The summed E-state index contributed by atoms with van der Waals surface area (Å²) in [7, 11) is -0.777. The van der Waals surface area contributed by atoms with Gasteiger partial charge in [0.2, 0.25) is 5.91 Å². The van der Waals surface area contributed by atoms with Crippen molar-refractivity contribution in [2.24, 2.45) is 5.41 Å². The molecule has 2 atom stereocenters. The summed E-state index contributed by atoms with van der Waals surface area (Å²) in [6, 6.07) is 0.109. The molecule has 0 saturated carbocycles. The Morgan fingerprint density at radius 3 is 2.59 bits per heavy atom. The second-order valence-electron chi connectivity index (χ2n) is 5.25. The lowest BCUT2D eigenvalue weighted by Gasteiger charge is -2.33. The van der Waals surface area contributed by atoms with Gasteiger partial charge in [0.1, 0.15) is 0 Å². The molecular weight excluding hydrogens is 236 g/mol. The fraction of sp³-hybridized carbons (Fsp3) is 0.917. The first-order valence-corrected chi connectivity index (χ1v) is 7.98. The Hall–Kier alpha value is -0.420. The van der Waals surface area contributed by atoms with Gasteiger partial charge in [0.25, 0.3) is 0 Å². The topological polar surface area (TPSA) is 58.2 Å². The molecule has 4 nitrogen and oxygen atoms in total. The molecule has 0 bridgehead atoms. The van der Waals surface area contributed by atoms with E-state index in [0.717, 1.165) is 32.4 Å². The molecule has 0 aromatic heterocycles. The predicted octanol–water partition coefficient (Wildman–Crippen LogP) is 0.649. The number of piperidine rings is 1. The van der Waals surface area contributed by atoms with Gasteiger partial charge >= 0.3 is 0 Å². The molecule has 2 N–H and O–H groups in total. The summed E-state index contributed by atoms with van der Waals surface area (Å²) in [6.07, 6.45) is 4.27. The maximum atomic E-state index is 12.2. The zero-order chi connectivity index (χ0) is 12.9. The summed E-state index contributed by atoms with van der Waals surface area (Å²) in [5.74, 6) is 0.799. The zero-order valence-electron chi connectivity index (χ0n) is 11.0. The Balaban J connectivity index is 2.39. The molecule has 1 aliphatic rings. The molecule has 0 radical (unpaired) electrons. The van der Waals surface area contributed by atoms with Crippen molar-refractivity contribution in [3.63, 3.8) is 0 Å². The molecule has 1 saturated heterocycles. The zero-order valence-corrected chi connectivity index (χ0v) is 11.9. The number of rotatable bonds is 5. The standard InChI is InChI=1S/C12H24N2O2S/c1-10(4-9-17(3)16)14-11(15)12(2)5-7-13-8-6-12/h10,13H,4-9H2,1-3H3,(H,14,15). The molecule has 1 heterocycles. The lowest BCUT2D eigenvalue weighted by Crippen LogP contribution is -2.48. The van der Waals surface area contributed by atoms with Gasteiger partial charge in [-0.05, 0) is 39.3 Å². The number of carbonyl (C=O) groups is 1. The minimum absolute atomic E-state index is 0.109. The van der Waals surface area contributed by atoms with Crippen molar-refractivity contribution in [2.75, 3.05) is 25.1 Å². The molecule has 2 unspecified atom stereocenters. The minimum atomic E-state index is -0.777. The summed E-state index contributed by atoms with van der Waals surface area (Å²) < 4.78 is 11.0. The van der Waals surface area contributed by atoms with E-state index < -0.39 is 10.8 Å². The van der Waals surface area contributed by atoms with Crippen molar-refractivity contribution in [2.45, 2.75) is 39.2 Å². The van der Waals surface area contributed by atoms with Gasteiger partial charge in [0.15, 0.2) is 0 Å². The molecule has 17 heavy (non-hydrogen) atoms. The van der Waals surface area contributed by atoms with Gasteiger partial charge in [-0.15, -0.1) is 0 Å². The average molecular weight is 260 g/mol. The minimum Gasteiger partial charge on any atom is -0.353 e. The van der Waals surface area contributed by atoms with Gasteiger partial charge in [-0.1, -0.05) is 6.92 Å². The summed E-state index contributed by atoms with van der Waals surface area (Å²) in [5.41, 5.74) is -0.231. The number of amides is 1. The molecule has 0 aliphatic carbocycles. The van der Waals surface area contributed by atoms with E-state index in [1.807, 2.05) is 13.8 Å². The molecule has 1 amide bonds. The molecule has 0 aromatic carbocycles. The molecule has 0 spiro atoms. The number of carbonyl (C=O) groups excluding carboxylic acids is 1. The second kappa shape index (κ2) is 6.50. The third-order valence-electron chi connectivity index (χ3n) is 3.47. The summed E-state index contributed by atoms with van der Waals surface area (Å²) in [6.45, 7) is 5.84. The first kappa shape index (κ1) is 14.6. The smallest absolute Gasteiger partial charge is 0.226 e. The van der Waals surface area contributed by atoms with Crippen molar-refractivity contribution in [1.29, 1.82) is 0 Å². The Labute approximate surface area is 106 Å². The van der Waals surface area contributed by atoms with Crippen LogP contribution in [0.3, 0.4) is 0 Å². The van der Waals surface area contributed by atoms with Crippen LogP contribution >= 0.6 is 0 Å². The molecule has 100 valence electrons. The summed E-state index contributed by atoms with van der Waals surface area (Å²) in [4.78, 5) is 12.2. The van der Waals surface area contributed by atoms with E-state index in [1.54, 1.807) is 6.26 Å². The van der Waals surface area contributed by atoms with E-state index in [1.165, 1.54) is 0 Å². The van der Waals surface area contributed by atoms with Crippen molar-refractivity contribution in [3.8, 4) is 0 Å². The van der Waals surface area contributed by atoms with Crippen LogP contribution in [-0.2, 0) is 15.6 Å². The van der Waals surface area contributed by atoms with Crippen LogP contribution in [0.25, 0.3) is 0 Å². The first-order valence-electron chi connectivity index (χ1n) is 6.26. The highest BCUT2D eigenvalue weighted by atomic mass is 32.2. The lowest BCUT2D eigenvalue weighted by atomic mass is 9.80. The fourth-order valence-corrected chi connectivity index (χ4v) is 2.70. The van der Waals surface area contributed by atoms with Crippen LogP contribution in [0.15, 0.2) is 0 Å². The first-order chi connectivity index (χ1) is 7.94. The average Bonchev–Trinajstić information content (AvgIpc) is 2.27. The van der Waals surface area contributed by atoms with E-state index in [9.17, 15) is 9.00 Å². The van der Waals surface area contributed by atoms with Crippen LogP contribution < -0.4 is 10.6 Å². The van der Waals surface area contributed by atoms with Crippen molar-refractivity contribution >= 4 is 16.7 Å². The van der Waals surface area contributed by atoms with Crippen molar-refractivity contribution in [3.05, 3.63) is 0 Å². The fourth-order valence-electron chi connectivity index (χ4n) is 2.02. The van der Waals surface area contributed by atoms with Gasteiger partial charge < -0.3 is 10.6 Å². The quantitative estimate of drug-likeness (QED) is 0.763. The van der Waals surface area contributed by atoms with Gasteiger partial charge in [0, 0.05) is 34.3 Å². The number of hydrogen-bond acceptors (Lipinski definition) is 3. The highest BCUT2D eigenvalue weighted by Gasteiger charge is 2.34. The van der Waals surface area contributed by atoms with Crippen LogP contribution in [0.5, 0.6) is 0 Å². The number of nitrogens with one attached hydrogen (secondary N) is 2. The van der Waals surface area contributed by atoms with E-state index in [2.05, 4.69) is 10.6 Å². The van der Waals surface area contributed by atoms with E-state index >= 15 is 0 Å². The van der Waals surface area contributed by atoms with E-state index in [-0.39, 0.29) is 17.4 Å². The molecule has 1 aliphatic heterocycles. The third kappa shape index (κ3) is 4.76. The van der Waals surface area contributed by atoms with E-state index in [4.69, 9.17) is 0 Å². The largest absolute Gasteiger partial charge is 0.353 e. The van der Waals surface area contributed by atoms with Gasteiger partial charge in [-0.3, -0.25) is 9.00 Å². The van der Waals surface area contributed by atoms with Crippen LogP contribution in [0.2, 0.25) is 0 Å².